The van der Waals surface area contributed by atoms with Gasteiger partial charge in [0.1, 0.15) is 5.82 Å². The van der Waals surface area contributed by atoms with Crippen molar-refractivity contribution >= 4 is 17.6 Å². The molecule has 0 fully saturated rings. The first-order valence-electron chi connectivity index (χ1n) is 9.52. The van der Waals surface area contributed by atoms with Crippen LogP contribution in [0.5, 0.6) is 0 Å². The van der Waals surface area contributed by atoms with Gasteiger partial charge in [-0.15, -0.1) is 0 Å². The summed E-state index contributed by atoms with van der Waals surface area (Å²) < 4.78 is 5.22. The number of nitrogens with zero attached hydrogens (tertiary/aromatic N) is 1. The van der Waals surface area contributed by atoms with E-state index in [9.17, 15) is 14.4 Å². The SMILES string of the molecule is Cc1nc(C)c(CCC(=O)OC(C)C(=O)Nc2ccc3c(c2)CCC3)c(=O)[nH]1. The number of aromatic amines is 1. The average Bonchev–Trinajstić information content (AvgIpc) is 3.08. The van der Waals surface area contributed by atoms with Crippen LogP contribution in [0.2, 0.25) is 0 Å². The fraction of sp³-hybridized carbons (Fsp3) is 0.429. The minimum Gasteiger partial charge on any atom is -0.453 e. The molecule has 1 unspecified atom stereocenters. The Hall–Kier alpha value is -2.96. The highest BCUT2D eigenvalue weighted by molar-refractivity contribution is 5.95. The number of carbonyl (C=O) groups excluding carboxylic acids is 2. The molecule has 0 spiro atoms. The van der Waals surface area contributed by atoms with E-state index in [4.69, 9.17) is 4.74 Å². The van der Waals surface area contributed by atoms with Crippen LogP contribution in [-0.2, 0) is 33.6 Å². The number of hydrogen-bond donors (Lipinski definition) is 2. The molecule has 0 saturated carbocycles. The van der Waals surface area contributed by atoms with E-state index in [-0.39, 0.29) is 24.3 Å². The normalized spacial score (nSPS) is 13.7. The number of carbonyl (C=O) groups is 2. The van der Waals surface area contributed by atoms with E-state index in [0.29, 0.717) is 22.8 Å². The van der Waals surface area contributed by atoms with Crippen molar-refractivity contribution in [1.82, 2.24) is 9.97 Å². The molecule has 148 valence electrons. The molecule has 1 aromatic heterocycles. The van der Waals surface area contributed by atoms with Crippen LogP contribution in [0.25, 0.3) is 0 Å². The Morgan fingerprint density at radius 3 is 2.75 bits per heavy atom. The maximum Gasteiger partial charge on any atom is 0.306 e. The zero-order chi connectivity index (χ0) is 20.3. The Bertz CT molecular complexity index is 965. The Morgan fingerprint density at radius 2 is 2.00 bits per heavy atom. The maximum absolute atomic E-state index is 12.3. The van der Waals surface area contributed by atoms with Crippen molar-refractivity contribution in [2.45, 2.75) is 59.0 Å². The van der Waals surface area contributed by atoms with Crippen molar-refractivity contribution in [2.75, 3.05) is 5.32 Å². The summed E-state index contributed by atoms with van der Waals surface area (Å²) in [7, 11) is 0. The highest BCUT2D eigenvalue weighted by Crippen LogP contribution is 2.25. The Morgan fingerprint density at radius 1 is 1.25 bits per heavy atom. The van der Waals surface area contributed by atoms with Gasteiger partial charge in [-0.25, -0.2) is 4.98 Å². The van der Waals surface area contributed by atoms with Crippen LogP contribution >= 0.6 is 0 Å². The minimum absolute atomic E-state index is 0.00509. The molecule has 0 bridgehead atoms. The lowest BCUT2D eigenvalue weighted by Gasteiger charge is -2.14. The second kappa shape index (κ2) is 8.37. The lowest BCUT2D eigenvalue weighted by Crippen LogP contribution is -2.30. The fourth-order valence-corrected chi connectivity index (χ4v) is 3.48. The molecule has 7 heteroatoms. The standard InChI is InChI=1S/C21H25N3O4/c1-12-18(21(27)23-14(3)22-12)9-10-19(25)28-13(2)20(26)24-17-8-7-15-5-4-6-16(15)11-17/h7-8,11,13H,4-6,9-10H2,1-3H3,(H,24,26)(H,22,23,27). The van der Waals surface area contributed by atoms with Crippen LogP contribution in [0.4, 0.5) is 5.69 Å². The third-order valence-corrected chi connectivity index (χ3v) is 4.96. The van der Waals surface area contributed by atoms with Gasteiger partial charge in [0.05, 0.1) is 0 Å². The number of benzene rings is 1. The Balaban J connectivity index is 1.52. The first kappa shape index (κ1) is 19.8. The molecule has 7 nitrogen and oxygen atoms in total. The molecule has 0 radical (unpaired) electrons. The smallest absolute Gasteiger partial charge is 0.306 e. The Labute approximate surface area is 163 Å². The molecule has 1 heterocycles. The van der Waals surface area contributed by atoms with Crippen LogP contribution in [0.3, 0.4) is 0 Å². The number of fused-ring (bicyclic) bond motifs is 1. The van der Waals surface area contributed by atoms with E-state index >= 15 is 0 Å². The van der Waals surface area contributed by atoms with E-state index in [1.807, 2.05) is 18.2 Å². The number of H-pyrrole nitrogens is 1. The molecule has 1 atom stereocenters. The lowest BCUT2D eigenvalue weighted by atomic mass is 10.1. The van der Waals surface area contributed by atoms with Gasteiger partial charge in [0.15, 0.2) is 6.10 Å². The van der Waals surface area contributed by atoms with E-state index in [1.165, 1.54) is 18.1 Å². The number of hydrogen-bond acceptors (Lipinski definition) is 5. The summed E-state index contributed by atoms with van der Waals surface area (Å²) in [6.07, 6.45) is 2.54. The molecule has 28 heavy (non-hydrogen) atoms. The second-order valence-corrected chi connectivity index (χ2v) is 7.17. The first-order valence-corrected chi connectivity index (χ1v) is 9.52. The number of rotatable bonds is 6. The quantitative estimate of drug-likeness (QED) is 0.746. The lowest BCUT2D eigenvalue weighted by molar-refractivity contribution is -0.153. The topological polar surface area (TPSA) is 101 Å². The van der Waals surface area contributed by atoms with Crippen LogP contribution in [0.15, 0.2) is 23.0 Å². The van der Waals surface area contributed by atoms with Crippen molar-refractivity contribution in [3.63, 3.8) is 0 Å². The summed E-state index contributed by atoms with van der Waals surface area (Å²) in [5, 5.41) is 2.79. The van der Waals surface area contributed by atoms with E-state index in [1.54, 1.807) is 13.8 Å². The number of nitrogens with one attached hydrogen (secondary N) is 2. The largest absolute Gasteiger partial charge is 0.453 e. The summed E-state index contributed by atoms with van der Waals surface area (Å²) in [5.74, 6) is -0.376. The molecule has 1 aromatic carbocycles. The third kappa shape index (κ3) is 4.65. The van der Waals surface area contributed by atoms with Crippen LogP contribution in [0, 0.1) is 13.8 Å². The summed E-state index contributed by atoms with van der Waals surface area (Å²) in [6, 6.07) is 5.88. The average molecular weight is 383 g/mol. The van der Waals surface area contributed by atoms with Crippen molar-refractivity contribution in [2.24, 2.45) is 0 Å². The van der Waals surface area contributed by atoms with Crippen molar-refractivity contribution in [3.05, 3.63) is 56.8 Å². The molecule has 2 N–H and O–H groups in total. The summed E-state index contributed by atoms with van der Waals surface area (Å²) in [6.45, 7) is 4.97. The Kier molecular flexibility index (Phi) is 5.92. The number of anilines is 1. The molecule has 1 aliphatic rings. The predicted octanol–water partition coefficient (Wildman–Crippen LogP) is 2.38. The third-order valence-electron chi connectivity index (χ3n) is 4.96. The summed E-state index contributed by atoms with van der Waals surface area (Å²) >= 11 is 0. The molecular formula is C21H25N3O4. The summed E-state index contributed by atoms with van der Waals surface area (Å²) in [4.78, 5) is 43.2. The minimum atomic E-state index is -0.920. The van der Waals surface area contributed by atoms with E-state index in [2.05, 4.69) is 15.3 Å². The van der Waals surface area contributed by atoms with Gasteiger partial charge in [-0.1, -0.05) is 6.07 Å². The zero-order valence-electron chi connectivity index (χ0n) is 16.4. The van der Waals surface area contributed by atoms with E-state index in [0.717, 1.165) is 19.3 Å². The number of aromatic nitrogens is 2. The van der Waals surface area contributed by atoms with Gasteiger partial charge in [0.2, 0.25) is 0 Å². The van der Waals surface area contributed by atoms with Crippen molar-refractivity contribution < 1.29 is 14.3 Å². The van der Waals surface area contributed by atoms with Gasteiger partial charge >= 0.3 is 5.97 Å². The van der Waals surface area contributed by atoms with Gasteiger partial charge in [-0.2, -0.15) is 0 Å². The fourth-order valence-electron chi connectivity index (χ4n) is 3.48. The van der Waals surface area contributed by atoms with Crippen LogP contribution in [0.1, 0.15) is 48.0 Å². The van der Waals surface area contributed by atoms with Crippen LogP contribution < -0.4 is 10.9 Å². The zero-order valence-corrected chi connectivity index (χ0v) is 16.4. The van der Waals surface area contributed by atoms with Gasteiger partial charge in [-0.3, -0.25) is 14.4 Å². The highest BCUT2D eigenvalue weighted by Gasteiger charge is 2.19. The molecule has 0 saturated heterocycles. The molecule has 1 aliphatic carbocycles. The second-order valence-electron chi connectivity index (χ2n) is 7.17. The van der Waals surface area contributed by atoms with Gasteiger partial charge in [-0.05, 0) is 69.7 Å². The number of esters is 1. The molecule has 1 amide bonds. The van der Waals surface area contributed by atoms with Crippen LogP contribution in [-0.4, -0.2) is 27.9 Å². The first-order chi connectivity index (χ1) is 13.3. The number of ether oxygens (including phenoxy) is 1. The molecule has 2 aromatic rings. The molecule has 3 rings (SSSR count). The molecule has 0 aliphatic heterocycles. The van der Waals surface area contributed by atoms with E-state index < -0.39 is 12.1 Å². The number of amides is 1. The van der Waals surface area contributed by atoms with Gasteiger partial charge < -0.3 is 15.0 Å². The number of aryl methyl sites for hydroxylation is 4. The highest BCUT2D eigenvalue weighted by atomic mass is 16.5. The van der Waals surface area contributed by atoms with Crippen molar-refractivity contribution in [1.29, 1.82) is 0 Å². The maximum atomic E-state index is 12.3. The van der Waals surface area contributed by atoms with Gasteiger partial charge in [0, 0.05) is 23.4 Å². The monoisotopic (exact) mass is 383 g/mol. The molecular weight excluding hydrogens is 358 g/mol. The predicted molar refractivity (Wildman–Crippen MR) is 105 cm³/mol. The summed E-state index contributed by atoms with van der Waals surface area (Å²) in [5.41, 5.74) is 4.10. The van der Waals surface area contributed by atoms with Gasteiger partial charge in [0.25, 0.3) is 11.5 Å². The van der Waals surface area contributed by atoms with Crippen molar-refractivity contribution in [3.8, 4) is 0 Å².